The minimum atomic E-state index is -0.136. The van der Waals surface area contributed by atoms with E-state index in [1.807, 2.05) is 6.07 Å². The van der Waals surface area contributed by atoms with E-state index in [-0.39, 0.29) is 11.4 Å². The van der Waals surface area contributed by atoms with E-state index in [1.165, 1.54) is 43.0 Å². The molecule has 1 saturated carbocycles. The van der Waals surface area contributed by atoms with Crippen LogP contribution >= 0.6 is 0 Å². The molecule has 5 rings (SSSR count). The molecule has 5 heteroatoms. The number of carbonyl (C=O) groups is 1. The minimum Gasteiger partial charge on any atom is -0.472 e. The van der Waals surface area contributed by atoms with Crippen molar-refractivity contribution in [3.63, 3.8) is 0 Å². The van der Waals surface area contributed by atoms with Crippen LogP contribution in [0.25, 0.3) is 0 Å². The minimum absolute atomic E-state index is 0.0246. The standard InChI is InChI=1S/C28H33N3O2/c1-22-7-6-13-28(20-22,31-16-14-30(15-17-31)26-10-3-2-4-11-26)24-8-5-9-25(19-24)29-27(32)23-12-18-33-21-23/h2-5,8-12,18-19,21-22H,6-7,13-17,20H2,1H3,(H,29,32)/t22-,28-/m0/s1. The Balaban J connectivity index is 1.38. The molecule has 1 saturated heterocycles. The number of amides is 1. The Morgan fingerprint density at radius 2 is 1.85 bits per heavy atom. The molecule has 172 valence electrons. The molecule has 0 unspecified atom stereocenters. The fraction of sp³-hybridized carbons (Fsp3) is 0.393. The van der Waals surface area contributed by atoms with Gasteiger partial charge in [0.15, 0.2) is 0 Å². The first kappa shape index (κ1) is 21.8. The molecule has 1 amide bonds. The quantitative estimate of drug-likeness (QED) is 0.545. The Morgan fingerprint density at radius 3 is 2.58 bits per heavy atom. The summed E-state index contributed by atoms with van der Waals surface area (Å²) < 4.78 is 5.07. The zero-order valence-corrected chi connectivity index (χ0v) is 19.4. The maximum atomic E-state index is 12.6. The maximum absolute atomic E-state index is 12.6. The van der Waals surface area contributed by atoms with Gasteiger partial charge in [-0.2, -0.15) is 0 Å². The topological polar surface area (TPSA) is 48.7 Å². The number of furan rings is 1. The van der Waals surface area contributed by atoms with Gasteiger partial charge in [0.1, 0.15) is 6.26 Å². The van der Waals surface area contributed by atoms with Crippen molar-refractivity contribution in [3.05, 3.63) is 84.3 Å². The largest absolute Gasteiger partial charge is 0.472 e. The molecule has 2 atom stereocenters. The first-order chi connectivity index (χ1) is 16.1. The van der Waals surface area contributed by atoms with Crippen molar-refractivity contribution < 1.29 is 9.21 Å². The fourth-order valence-corrected chi connectivity index (χ4v) is 5.77. The number of carbonyl (C=O) groups excluding carboxylic acids is 1. The zero-order chi connectivity index (χ0) is 22.7. The second-order valence-electron chi connectivity index (χ2n) is 9.59. The molecule has 2 fully saturated rings. The van der Waals surface area contributed by atoms with E-state index in [0.29, 0.717) is 11.5 Å². The summed E-state index contributed by atoms with van der Waals surface area (Å²) in [5, 5.41) is 3.06. The van der Waals surface area contributed by atoms with Crippen molar-refractivity contribution in [2.45, 2.75) is 38.1 Å². The lowest BCUT2D eigenvalue weighted by molar-refractivity contribution is 0.0243. The summed E-state index contributed by atoms with van der Waals surface area (Å²) in [7, 11) is 0. The summed E-state index contributed by atoms with van der Waals surface area (Å²) in [6.45, 7) is 6.56. The van der Waals surface area contributed by atoms with Gasteiger partial charge in [-0.25, -0.2) is 0 Å². The van der Waals surface area contributed by atoms with Crippen LogP contribution in [0.1, 0.15) is 48.5 Å². The van der Waals surface area contributed by atoms with Crippen molar-refractivity contribution in [1.82, 2.24) is 4.90 Å². The molecule has 1 aromatic heterocycles. The monoisotopic (exact) mass is 443 g/mol. The lowest BCUT2D eigenvalue weighted by Gasteiger charge is -2.52. The van der Waals surface area contributed by atoms with Crippen LogP contribution in [0, 0.1) is 5.92 Å². The number of hydrogen-bond donors (Lipinski definition) is 1. The summed E-state index contributed by atoms with van der Waals surface area (Å²) >= 11 is 0. The van der Waals surface area contributed by atoms with E-state index in [0.717, 1.165) is 38.3 Å². The second-order valence-corrected chi connectivity index (χ2v) is 9.59. The van der Waals surface area contributed by atoms with Gasteiger partial charge in [0, 0.05) is 43.1 Å². The molecule has 0 bridgehead atoms. The molecule has 5 nitrogen and oxygen atoms in total. The molecule has 2 aromatic carbocycles. The summed E-state index contributed by atoms with van der Waals surface area (Å²) in [6.07, 6.45) is 7.88. The Bertz CT molecular complexity index is 1060. The number of rotatable bonds is 5. The number of para-hydroxylation sites is 1. The third-order valence-electron chi connectivity index (χ3n) is 7.42. The Hall–Kier alpha value is -3.05. The highest BCUT2D eigenvalue weighted by Gasteiger charge is 2.42. The summed E-state index contributed by atoms with van der Waals surface area (Å²) in [4.78, 5) is 17.8. The normalized spacial score (nSPS) is 23.9. The third kappa shape index (κ3) is 4.55. The van der Waals surface area contributed by atoms with Gasteiger partial charge in [0.05, 0.1) is 11.8 Å². The number of nitrogens with one attached hydrogen (secondary N) is 1. The van der Waals surface area contributed by atoms with Crippen LogP contribution < -0.4 is 10.2 Å². The van der Waals surface area contributed by atoms with Gasteiger partial charge in [-0.1, -0.05) is 50.1 Å². The molecular weight excluding hydrogens is 410 g/mol. The van der Waals surface area contributed by atoms with Crippen molar-refractivity contribution >= 4 is 17.3 Å². The molecule has 33 heavy (non-hydrogen) atoms. The van der Waals surface area contributed by atoms with Crippen LogP contribution in [-0.4, -0.2) is 37.0 Å². The lowest BCUT2D eigenvalue weighted by Crippen LogP contribution is -2.57. The molecule has 2 heterocycles. The maximum Gasteiger partial charge on any atom is 0.258 e. The summed E-state index contributed by atoms with van der Waals surface area (Å²) in [5.41, 5.74) is 4.05. The molecule has 3 aromatic rings. The van der Waals surface area contributed by atoms with Crippen LogP contribution in [-0.2, 0) is 5.54 Å². The van der Waals surface area contributed by atoms with Crippen molar-refractivity contribution in [2.24, 2.45) is 5.92 Å². The van der Waals surface area contributed by atoms with Crippen LogP contribution in [0.15, 0.2) is 77.6 Å². The van der Waals surface area contributed by atoms with Gasteiger partial charge >= 0.3 is 0 Å². The second kappa shape index (κ2) is 9.44. The van der Waals surface area contributed by atoms with Crippen molar-refractivity contribution in [3.8, 4) is 0 Å². The van der Waals surface area contributed by atoms with Crippen LogP contribution in [0.3, 0.4) is 0 Å². The Labute approximate surface area is 196 Å². The zero-order valence-electron chi connectivity index (χ0n) is 19.4. The van der Waals surface area contributed by atoms with Gasteiger partial charge in [-0.3, -0.25) is 9.69 Å². The van der Waals surface area contributed by atoms with Gasteiger partial charge in [0.2, 0.25) is 0 Å². The highest BCUT2D eigenvalue weighted by Crippen LogP contribution is 2.45. The van der Waals surface area contributed by atoms with Crippen molar-refractivity contribution in [1.29, 1.82) is 0 Å². The Morgan fingerprint density at radius 1 is 1.03 bits per heavy atom. The van der Waals surface area contributed by atoms with Gasteiger partial charge in [-0.05, 0) is 54.7 Å². The number of nitrogens with zero attached hydrogens (tertiary/aromatic N) is 2. The number of benzene rings is 2. The van der Waals surface area contributed by atoms with Gasteiger partial charge < -0.3 is 14.6 Å². The SMILES string of the molecule is C[C@H]1CCC[C@](c2cccc(NC(=O)c3ccoc3)c2)(N2CCN(c3ccccc3)CC2)C1. The lowest BCUT2D eigenvalue weighted by atomic mass is 9.71. The molecule has 1 aliphatic carbocycles. The van der Waals surface area contributed by atoms with E-state index >= 15 is 0 Å². The van der Waals surface area contributed by atoms with E-state index < -0.39 is 0 Å². The van der Waals surface area contributed by atoms with Gasteiger partial charge in [0.25, 0.3) is 5.91 Å². The van der Waals surface area contributed by atoms with Crippen LogP contribution in [0.5, 0.6) is 0 Å². The Kier molecular flexibility index (Phi) is 6.23. The highest BCUT2D eigenvalue weighted by atomic mass is 16.3. The number of hydrogen-bond acceptors (Lipinski definition) is 4. The van der Waals surface area contributed by atoms with E-state index in [9.17, 15) is 4.79 Å². The van der Waals surface area contributed by atoms with E-state index in [4.69, 9.17) is 4.42 Å². The third-order valence-corrected chi connectivity index (χ3v) is 7.42. The molecule has 1 aliphatic heterocycles. The average molecular weight is 444 g/mol. The molecular formula is C28H33N3O2. The van der Waals surface area contributed by atoms with E-state index in [1.54, 1.807) is 6.07 Å². The first-order valence-corrected chi connectivity index (χ1v) is 12.1. The predicted octanol–water partition coefficient (Wildman–Crippen LogP) is 5.76. The predicted molar refractivity (Wildman–Crippen MR) is 133 cm³/mol. The molecule has 0 spiro atoms. The van der Waals surface area contributed by atoms with Crippen molar-refractivity contribution in [2.75, 3.05) is 36.4 Å². The van der Waals surface area contributed by atoms with E-state index in [2.05, 4.69) is 70.6 Å². The summed E-state index contributed by atoms with van der Waals surface area (Å²) in [5.74, 6) is 0.554. The first-order valence-electron chi connectivity index (χ1n) is 12.1. The number of piperazine rings is 1. The summed E-state index contributed by atoms with van der Waals surface area (Å²) in [6, 6.07) is 20.9. The highest BCUT2D eigenvalue weighted by molar-refractivity contribution is 6.04. The van der Waals surface area contributed by atoms with Crippen LogP contribution in [0.2, 0.25) is 0 Å². The smallest absolute Gasteiger partial charge is 0.258 e. The molecule has 0 radical (unpaired) electrons. The van der Waals surface area contributed by atoms with Crippen LogP contribution in [0.4, 0.5) is 11.4 Å². The molecule has 1 N–H and O–H groups in total. The number of anilines is 2. The van der Waals surface area contributed by atoms with Gasteiger partial charge in [-0.15, -0.1) is 0 Å². The molecule has 2 aliphatic rings. The average Bonchev–Trinajstić information content (AvgIpc) is 3.40. The fourth-order valence-electron chi connectivity index (χ4n) is 5.77.